The quantitative estimate of drug-likeness (QED) is 0.666. The summed E-state index contributed by atoms with van der Waals surface area (Å²) in [5.74, 6) is 1.00. The van der Waals surface area contributed by atoms with Crippen molar-refractivity contribution in [1.29, 1.82) is 0 Å². The van der Waals surface area contributed by atoms with Gasteiger partial charge in [-0.1, -0.05) is 48.5 Å². The van der Waals surface area contributed by atoms with Crippen molar-refractivity contribution in [2.45, 2.75) is 20.8 Å². The predicted octanol–water partition coefficient (Wildman–Crippen LogP) is 4.46. The molecule has 1 heterocycles. The van der Waals surface area contributed by atoms with Gasteiger partial charge in [0.15, 0.2) is 0 Å². The van der Waals surface area contributed by atoms with Gasteiger partial charge in [0, 0.05) is 11.8 Å². The highest BCUT2D eigenvalue weighted by molar-refractivity contribution is 5.61. The van der Waals surface area contributed by atoms with Crippen molar-refractivity contribution < 1.29 is 0 Å². The molecule has 0 aliphatic rings. The average Bonchev–Trinajstić information content (AvgIpc) is 2.81. The fourth-order valence-electron chi connectivity index (χ4n) is 2.64. The van der Waals surface area contributed by atoms with Crippen molar-refractivity contribution in [3.05, 3.63) is 71.5 Å². The average molecular weight is 262 g/mol. The molecular formula is C18H18N2. The van der Waals surface area contributed by atoms with E-state index in [2.05, 4.69) is 54.9 Å². The summed E-state index contributed by atoms with van der Waals surface area (Å²) in [5, 5.41) is 0. The molecule has 0 saturated heterocycles. The lowest BCUT2D eigenvalue weighted by Gasteiger charge is -2.13. The molecule has 0 unspecified atom stereocenters. The monoisotopic (exact) mass is 262 g/mol. The maximum atomic E-state index is 4.70. The van der Waals surface area contributed by atoms with Gasteiger partial charge in [0.05, 0.1) is 11.4 Å². The Morgan fingerprint density at radius 3 is 2.10 bits per heavy atom. The fraction of sp³-hybridized carbons (Fsp3) is 0.167. The first-order chi connectivity index (χ1) is 9.66. The van der Waals surface area contributed by atoms with E-state index in [0.29, 0.717) is 0 Å². The molecule has 0 atom stereocenters. The second kappa shape index (κ2) is 4.97. The SMILES string of the molecule is Cc1cn(-c2c(C)cccc2C)c(-c2ccccc2)n1. The van der Waals surface area contributed by atoms with Crippen LogP contribution in [-0.4, -0.2) is 9.55 Å². The van der Waals surface area contributed by atoms with Gasteiger partial charge >= 0.3 is 0 Å². The van der Waals surface area contributed by atoms with Gasteiger partial charge in [0.1, 0.15) is 5.82 Å². The van der Waals surface area contributed by atoms with E-state index in [1.54, 1.807) is 0 Å². The number of aryl methyl sites for hydroxylation is 3. The largest absolute Gasteiger partial charge is 0.299 e. The number of aromatic nitrogens is 2. The number of rotatable bonds is 2. The Morgan fingerprint density at radius 2 is 1.45 bits per heavy atom. The topological polar surface area (TPSA) is 17.8 Å². The van der Waals surface area contributed by atoms with Crippen LogP contribution in [0.4, 0.5) is 0 Å². The van der Waals surface area contributed by atoms with Crippen molar-refractivity contribution in [2.75, 3.05) is 0 Å². The number of nitrogens with zero attached hydrogens (tertiary/aromatic N) is 2. The zero-order valence-corrected chi connectivity index (χ0v) is 12.1. The third kappa shape index (κ3) is 2.14. The molecule has 0 bridgehead atoms. The van der Waals surface area contributed by atoms with Crippen molar-refractivity contribution in [3.8, 4) is 17.1 Å². The molecule has 0 amide bonds. The molecule has 0 spiro atoms. The minimum atomic E-state index is 1.00. The minimum Gasteiger partial charge on any atom is -0.299 e. The van der Waals surface area contributed by atoms with Crippen LogP contribution in [0.5, 0.6) is 0 Å². The Morgan fingerprint density at radius 1 is 0.800 bits per heavy atom. The van der Waals surface area contributed by atoms with E-state index in [9.17, 15) is 0 Å². The Balaban J connectivity index is 2.26. The minimum absolute atomic E-state index is 1.00. The van der Waals surface area contributed by atoms with E-state index >= 15 is 0 Å². The van der Waals surface area contributed by atoms with Gasteiger partial charge in [-0.2, -0.15) is 0 Å². The summed E-state index contributed by atoms with van der Waals surface area (Å²) in [4.78, 5) is 4.70. The van der Waals surface area contributed by atoms with E-state index in [1.807, 2.05) is 25.1 Å². The molecule has 0 saturated carbocycles. The van der Waals surface area contributed by atoms with Crippen molar-refractivity contribution >= 4 is 0 Å². The van der Waals surface area contributed by atoms with Crippen molar-refractivity contribution in [2.24, 2.45) is 0 Å². The van der Waals surface area contributed by atoms with Crippen LogP contribution in [0.1, 0.15) is 16.8 Å². The Kier molecular flexibility index (Phi) is 3.15. The molecule has 0 fully saturated rings. The zero-order valence-electron chi connectivity index (χ0n) is 12.1. The van der Waals surface area contributed by atoms with Crippen LogP contribution in [0.3, 0.4) is 0 Å². The van der Waals surface area contributed by atoms with E-state index < -0.39 is 0 Å². The molecule has 0 radical (unpaired) electrons. The first kappa shape index (κ1) is 12.7. The van der Waals surface area contributed by atoms with Gasteiger partial charge in [-0.25, -0.2) is 4.98 Å². The number of hydrogen-bond donors (Lipinski definition) is 0. The summed E-state index contributed by atoms with van der Waals surface area (Å²) in [5.41, 5.74) is 5.93. The van der Waals surface area contributed by atoms with Gasteiger partial charge in [-0.15, -0.1) is 0 Å². The number of imidazole rings is 1. The second-order valence-electron chi connectivity index (χ2n) is 5.18. The van der Waals surface area contributed by atoms with E-state index in [4.69, 9.17) is 4.98 Å². The summed E-state index contributed by atoms with van der Waals surface area (Å²) in [6.45, 7) is 6.33. The summed E-state index contributed by atoms with van der Waals surface area (Å²) in [6.07, 6.45) is 2.11. The van der Waals surface area contributed by atoms with Crippen LogP contribution in [0.25, 0.3) is 17.1 Å². The van der Waals surface area contributed by atoms with Crippen LogP contribution in [0.2, 0.25) is 0 Å². The Labute approximate surface area is 119 Å². The van der Waals surface area contributed by atoms with Crippen LogP contribution in [0.15, 0.2) is 54.7 Å². The highest BCUT2D eigenvalue weighted by Crippen LogP contribution is 2.26. The standard InChI is InChI=1S/C18H18N2/c1-13-8-7-9-14(2)17(13)20-12-15(3)19-18(20)16-10-5-4-6-11-16/h4-12H,1-3H3. The molecule has 0 aliphatic heterocycles. The third-order valence-corrected chi connectivity index (χ3v) is 3.54. The van der Waals surface area contributed by atoms with E-state index in [1.165, 1.54) is 16.8 Å². The molecule has 1 aromatic heterocycles. The first-order valence-corrected chi connectivity index (χ1v) is 6.85. The lowest BCUT2D eigenvalue weighted by Crippen LogP contribution is -2.01. The second-order valence-corrected chi connectivity index (χ2v) is 5.18. The lowest BCUT2D eigenvalue weighted by atomic mass is 10.1. The highest BCUT2D eigenvalue weighted by Gasteiger charge is 2.12. The van der Waals surface area contributed by atoms with Gasteiger partial charge < -0.3 is 0 Å². The summed E-state index contributed by atoms with van der Waals surface area (Å²) in [6, 6.07) is 16.7. The Bertz CT molecular complexity index is 719. The van der Waals surface area contributed by atoms with Gasteiger partial charge in [-0.3, -0.25) is 4.57 Å². The molecule has 3 aromatic rings. The Hall–Kier alpha value is -2.35. The zero-order chi connectivity index (χ0) is 14.1. The number of para-hydroxylation sites is 1. The van der Waals surface area contributed by atoms with Crippen LogP contribution >= 0.6 is 0 Å². The summed E-state index contributed by atoms with van der Waals surface area (Å²) >= 11 is 0. The molecule has 20 heavy (non-hydrogen) atoms. The first-order valence-electron chi connectivity index (χ1n) is 6.85. The molecule has 100 valence electrons. The number of benzene rings is 2. The van der Waals surface area contributed by atoms with Gasteiger partial charge in [0.25, 0.3) is 0 Å². The highest BCUT2D eigenvalue weighted by atomic mass is 15.1. The van der Waals surface area contributed by atoms with Crippen molar-refractivity contribution in [3.63, 3.8) is 0 Å². The number of hydrogen-bond acceptors (Lipinski definition) is 1. The third-order valence-electron chi connectivity index (χ3n) is 3.54. The summed E-state index contributed by atoms with van der Waals surface area (Å²) in [7, 11) is 0. The molecular weight excluding hydrogens is 244 g/mol. The molecule has 3 rings (SSSR count). The van der Waals surface area contributed by atoms with Gasteiger partial charge in [-0.05, 0) is 31.9 Å². The van der Waals surface area contributed by atoms with E-state index in [-0.39, 0.29) is 0 Å². The van der Waals surface area contributed by atoms with Crippen LogP contribution < -0.4 is 0 Å². The molecule has 0 aliphatic carbocycles. The maximum Gasteiger partial charge on any atom is 0.144 e. The predicted molar refractivity (Wildman–Crippen MR) is 83.2 cm³/mol. The molecule has 0 N–H and O–H groups in total. The van der Waals surface area contributed by atoms with E-state index in [0.717, 1.165) is 17.1 Å². The van der Waals surface area contributed by atoms with Crippen LogP contribution in [0, 0.1) is 20.8 Å². The molecule has 2 heteroatoms. The smallest absolute Gasteiger partial charge is 0.144 e. The normalized spacial score (nSPS) is 10.8. The molecule has 2 aromatic carbocycles. The van der Waals surface area contributed by atoms with Crippen molar-refractivity contribution in [1.82, 2.24) is 9.55 Å². The fourth-order valence-corrected chi connectivity index (χ4v) is 2.64. The van der Waals surface area contributed by atoms with Crippen LogP contribution in [-0.2, 0) is 0 Å². The van der Waals surface area contributed by atoms with Gasteiger partial charge in [0.2, 0.25) is 0 Å². The molecule has 2 nitrogen and oxygen atoms in total. The summed E-state index contributed by atoms with van der Waals surface area (Å²) < 4.78 is 2.20. The lowest BCUT2D eigenvalue weighted by molar-refractivity contribution is 1.03. The maximum absolute atomic E-state index is 4.70.